The molecule has 1 aliphatic rings. The molecule has 0 bridgehead atoms. The number of nitrogens with zero attached hydrogens (tertiary/aromatic N) is 2. The number of halogens is 1. The van der Waals surface area contributed by atoms with E-state index in [0.717, 1.165) is 17.7 Å². The Morgan fingerprint density at radius 3 is 2.53 bits per heavy atom. The van der Waals surface area contributed by atoms with E-state index in [0.29, 0.717) is 24.7 Å². The predicted molar refractivity (Wildman–Crippen MR) is 125 cm³/mol. The van der Waals surface area contributed by atoms with Crippen molar-refractivity contribution in [3.63, 3.8) is 0 Å². The Bertz CT molecular complexity index is 782. The summed E-state index contributed by atoms with van der Waals surface area (Å²) in [7, 11) is -1.75. The molecule has 0 spiro atoms. The zero-order valence-electron chi connectivity index (χ0n) is 19.7. The molecule has 2 heterocycles. The van der Waals surface area contributed by atoms with Crippen LogP contribution >= 0.6 is 11.6 Å². The van der Waals surface area contributed by atoms with Crippen LogP contribution in [0.5, 0.6) is 0 Å². The minimum atomic E-state index is -1.75. The van der Waals surface area contributed by atoms with Crippen LogP contribution in [0.3, 0.4) is 0 Å². The second-order valence-corrected chi connectivity index (χ2v) is 15.6. The lowest BCUT2D eigenvalue weighted by Gasteiger charge is -2.36. The van der Waals surface area contributed by atoms with Crippen LogP contribution < -0.4 is 0 Å². The number of pyridine rings is 1. The van der Waals surface area contributed by atoms with Crippen LogP contribution in [0, 0.1) is 0 Å². The Balaban J connectivity index is 2.09. The minimum Gasteiger partial charge on any atom is -0.444 e. The third kappa shape index (κ3) is 6.82. The second kappa shape index (κ2) is 9.41. The van der Waals surface area contributed by atoms with Crippen LogP contribution in [0.4, 0.5) is 4.79 Å². The maximum absolute atomic E-state index is 12.8. The largest absolute Gasteiger partial charge is 0.444 e. The maximum atomic E-state index is 12.8. The molecule has 0 aromatic carbocycles. The Hall–Kier alpha value is -1.37. The lowest BCUT2D eigenvalue weighted by atomic mass is 9.98. The van der Waals surface area contributed by atoms with Gasteiger partial charge in [0, 0.05) is 18.7 Å². The second-order valence-electron chi connectivity index (χ2n) is 10.4. The van der Waals surface area contributed by atoms with E-state index in [-0.39, 0.29) is 17.2 Å². The van der Waals surface area contributed by atoms with E-state index in [2.05, 4.69) is 51.0 Å². The molecule has 1 aromatic heterocycles. The normalized spacial score (nSPS) is 17.9. The Kier molecular flexibility index (Phi) is 7.81. The van der Waals surface area contributed by atoms with Crippen molar-refractivity contribution in [1.82, 2.24) is 9.88 Å². The van der Waals surface area contributed by atoms with Gasteiger partial charge < -0.3 is 9.16 Å². The van der Waals surface area contributed by atoms with Crippen molar-refractivity contribution < 1.29 is 14.0 Å². The van der Waals surface area contributed by atoms with E-state index < -0.39 is 13.9 Å². The van der Waals surface area contributed by atoms with Crippen LogP contribution in [0.1, 0.15) is 59.2 Å². The van der Waals surface area contributed by atoms with Gasteiger partial charge in [-0.15, -0.1) is 0 Å². The zero-order chi connectivity index (χ0) is 22.7. The third-order valence-corrected chi connectivity index (χ3v) is 10.5. The van der Waals surface area contributed by atoms with Crippen LogP contribution in [-0.4, -0.2) is 42.5 Å². The first-order valence-corrected chi connectivity index (χ1v) is 13.9. The summed E-state index contributed by atoms with van der Waals surface area (Å²) in [5.74, 6) is 0. The predicted octanol–water partition coefficient (Wildman–Crippen LogP) is 6.36. The molecule has 5 nitrogen and oxygen atoms in total. The number of fused-ring (bicyclic) bond motifs is 1. The van der Waals surface area contributed by atoms with Gasteiger partial charge >= 0.3 is 6.09 Å². The number of aromatic nitrogens is 1. The van der Waals surface area contributed by atoms with E-state index in [1.54, 1.807) is 11.0 Å². The number of amides is 1. The van der Waals surface area contributed by atoms with Gasteiger partial charge in [-0.25, -0.2) is 9.78 Å². The average Bonchev–Trinajstić information content (AvgIpc) is 2.58. The van der Waals surface area contributed by atoms with Gasteiger partial charge in [0.25, 0.3) is 0 Å². The highest BCUT2D eigenvalue weighted by molar-refractivity contribution is 6.74. The summed E-state index contributed by atoms with van der Waals surface area (Å²) in [6.07, 6.45) is 5.29. The lowest BCUT2D eigenvalue weighted by Crippen LogP contribution is -2.46. The topological polar surface area (TPSA) is 51.7 Å². The van der Waals surface area contributed by atoms with Crippen molar-refractivity contribution >= 4 is 26.0 Å². The molecule has 0 radical (unpaired) electrons. The standard InChI is InChI=1S/C23H37ClN2O3Si/c1-22(2,3)29-21(27)26-16-17-12-13-20(24)25-19(17)15-18(26)11-9-10-14-28-30(7,8)23(4,5)6/h9,11-13,18H,10,14-16H2,1-8H3. The fraction of sp³-hybridized carbons (Fsp3) is 0.652. The van der Waals surface area contributed by atoms with Crippen molar-refractivity contribution in [3.05, 3.63) is 40.7 Å². The van der Waals surface area contributed by atoms with Crippen molar-refractivity contribution in [1.29, 1.82) is 0 Å². The molecule has 2 rings (SSSR count). The van der Waals surface area contributed by atoms with E-state index in [9.17, 15) is 4.79 Å². The van der Waals surface area contributed by atoms with E-state index in [1.807, 2.05) is 26.8 Å². The van der Waals surface area contributed by atoms with Gasteiger partial charge in [0.2, 0.25) is 0 Å². The first-order valence-electron chi connectivity index (χ1n) is 10.6. The average molecular weight is 453 g/mol. The SMILES string of the molecule is CC(C)(C)OC(=O)N1Cc2ccc(Cl)nc2CC1C=CCCO[Si](C)(C)C(C)(C)C. The van der Waals surface area contributed by atoms with Crippen LogP contribution in [-0.2, 0) is 22.1 Å². The highest BCUT2D eigenvalue weighted by Crippen LogP contribution is 2.36. The van der Waals surface area contributed by atoms with E-state index in [1.165, 1.54) is 0 Å². The van der Waals surface area contributed by atoms with Crippen molar-refractivity contribution in [2.45, 2.75) is 90.7 Å². The summed E-state index contributed by atoms with van der Waals surface area (Å²) in [4.78, 5) is 19.1. The molecular formula is C23H37ClN2O3Si. The fourth-order valence-corrected chi connectivity index (χ4v) is 4.20. The third-order valence-electron chi connectivity index (χ3n) is 5.72. The van der Waals surface area contributed by atoms with Crippen LogP contribution in [0.25, 0.3) is 0 Å². The molecule has 1 aromatic rings. The monoisotopic (exact) mass is 452 g/mol. The lowest BCUT2D eigenvalue weighted by molar-refractivity contribution is 0.0162. The minimum absolute atomic E-state index is 0.119. The van der Waals surface area contributed by atoms with Gasteiger partial charge in [0.1, 0.15) is 10.8 Å². The summed E-state index contributed by atoms with van der Waals surface area (Å²) < 4.78 is 11.9. The molecule has 0 saturated heterocycles. The molecule has 0 fully saturated rings. The number of ether oxygens (including phenoxy) is 1. The molecule has 30 heavy (non-hydrogen) atoms. The quantitative estimate of drug-likeness (QED) is 0.225. The molecule has 168 valence electrons. The molecule has 1 aliphatic heterocycles. The van der Waals surface area contributed by atoms with Gasteiger partial charge in [-0.1, -0.05) is 50.6 Å². The molecule has 1 unspecified atom stereocenters. The first kappa shape index (κ1) is 24.9. The molecular weight excluding hydrogens is 416 g/mol. The number of carbonyl (C=O) groups excluding carboxylic acids is 1. The fourth-order valence-electron chi connectivity index (χ4n) is 2.98. The summed E-state index contributed by atoms with van der Waals surface area (Å²) >= 11 is 6.09. The van der Waals surface area contributed by atoms with Crippen LogP contribution in [0.2, 0.25) is 23.3 Å². The highest BCUT2D eigenvalue weighted by Gasteiger charge is 2.37. The molecule has 0 saturated carbocycles. The van der Waals surface area contributed by atoms with Gasteiger partial charge in [-0.3, -0.25) is 4.90 Å². The Morgan fingerprint density at radius 1 is 1.27 bits per heavy atom. The molecule has 1 atom stereocenters. The van der Waals surface area contributed by atoms with Crippen LogP contribution in [0.15, 0.2) is 24.3 Å². The zero-order valence-corrected chi connectivity index (χ0v) is 21.5. The highest BCUT2D eigenvalue weighted by atomic mass is 35.5. The summed E-state index contributed by atoms with van der Waals surface area (Å²) in [5.41, 5.74) is 1.41. The smallest absolute Gasteiger partial charge is 0.411 e. The van der Waals surface area contributed by atoms with Gasteiger partial charge in [0.15, 0.2) is 8.32 Å². The molecule has 1 amide bonds. The van der Waals surface area contributed by atoms with Crippen molar-refractivity contribution in [2.75, 3.05) is 6.61 Å². The Labute approximate surface area is 187 Å². The van der Waals surface area contributed by atoms with Gasteiger partial charge in [-0.05, 0) is 57.0 Å². The van der Waals surface area contributed by atoms with Crippen molar-refractivity contribution in [3.8, 4) is 0 Å². The number of hydrogen-bond donors (Lipinski definition) is 0. The van der Waals surface area contributed by atoms with E-state index in [4.69, 9.17) is 20.8 Å². The van der Waals surface area contributed by atoms with E-state index >= 15 is 0 Å². The van der Waals surface area contributed by atoms with Crippen molar-refractivity contribution in [2.24, 2.45) is 0 Å². The molecule has 0 aliphatic carbocycles. The Morgan fingerprint density at radius 2 is 1.93 bits per heavy atom. The summed E-state index contributed by atoms with van der Waals surface area (Å²) in [6.45, 7) is 18.0. The van der Waals surface area contributed by atoms with Gasteiger partial charge in [0.05, 0.1) is 12.6 Å². The molecule has 0 N–H and O–H groups in total. The summed E-state index contributed by atoms with van der Waals surface area (Å²) in [5, 5.41) is 0.673. The number of hydrogen-bond acceptors (Lipinski definition) is 4. The van der Waals surface area contributed by atoms with Gasteiger partial charge in [-0.2, -0.15) is 0 Å². The molecule has 7 heteroatoms. The maximum Gasteiger partial charge on any atom is 0.411 e. The number of rotatable bonds is 5. The number of carbonyl (C=O) groups is 1. The summed E-state index contributed by atoms with van der Waals surface area (Å²) in [6, 6.07) is 3.59. The first-order chi connectivity index (χ1) is 13.7.